The van der Waals surface area contributed by atoms with Gasteiger partial charge >= 0.3 is 0 Å². The summed E-state index contributed by atoms with van der Waals surface area (Å²) in [7, 11) is -3.62. The van der Waals surface area contributed by atoms with E-state index in [1.54, 1.807) is 18.2 Å². The Morgan fingerprint density at radius 3 is 2.81 bits per heavy atom. The first-order chi connectivity index (χ1) is 12.3. The second kappa shape index (κ2) is 7.56. The lowest BCUT2D eigenvalue weighted by Crippen LogP contribution is -2.30. The van der Waals surface area contributed by atoms with E-state index in [1.165, 1.54) is 11.3 Å². The molecule has 2 heterocycles. The third-order valence-corrected chi connectivity index (χ3v) is 6.27. The van der Waals surface area contributed by atoms with Crippen molar-refractivity contribution in [3.63, 3.8) is 0 Å². The molecule has 3 rings (SSSR count). The number of amides is 1. The second-order valence-electron chi connectivity index (χ2n) is 6.00. The molecule has 0 aliphatic carbocycles. The second-order valence-corrected chi connectivity index (χ2v) is 8.64. The quantitative estimate of drug-likeness (QED) is 0.643. The van der Waals surface area contributed by atoms with Crippen molar-refractivity contribution < 1.29 is 13.2 Å². The number of aryl methyl sites for hydroxylation is 2. The lowest BCUT2D eigenvalue weighted by molar-refractivity contribution is -0.121. The smallest absolute Gasteiger partial charge is 0.240 e. The Bertz CT molecular complexity index is 1010. The number of hydrogen-bond acceptors (Lipinski definition) is 5. The van der Waals surface area contributed by atoms with Crippen LogP contribution in [0, 0.1) is 13.8 Å². The fourth-order valence-electron chi connectivity index (χ4n) is 2.40. The number of benzene rings is 1. The van der Waals surface area contributed by atoms with Gasteiger partial charge in [0, 0.05) is 30.7 Å². The van der Waals surface area contributed by atoms with Crippen molar-refractivity contribution in [1.29, 1.82) is 0 Å². The molecule has 2 N–H and O–H groups in total. The average molecular weight is 393 g/mol. The van der Waals surface area contributed by atoms with Crippen LogP contribution in [0.25, 0.3) is 4.96 Å². The molecule has 3 aromatic rings. The zero-order chi connectivity index (χ0) is 18.7. The molecule has 0 aliphatic rings. The number of sulfonamides is 1. The van der Waals surface area contributed by atoms with E-state index in [4.69, 9.17) is 0 Å². The van der Waals surface area contributed by atoms with Gasteiger partial charge in [-0.25, -0.2) is 18.1 Å². The molecular weight excluding hydrogens is 372 g/mol. The molecule has 138 valence electrons. The fraction of sp³-hybridized carbons (Fsp3) is 0.294. The summed E-state index contributed by atoms with van der Waals surface area (Å²) in [6, 6.07) is 4.96. The SMILES string of the molecule is Cc1ccc(S(=O)(=O)NCCC(=O)NCc2cn3ccsc3n2)cc1C. The standard InChI is InChI=1S/C17H20N4O3S2/c1-12-3-4-15(9-13(12)2)26(23,24)19-6-5-16(22)18-10-14-11-21-7-8-25-17(21)20-14/h3-4,7-9,11,19H,5-6,10H2,1-2H3,(H,18,22). The van der Waals surface area contributed by atoms with Gasteiger partial charge in [0.05, 0.1) is 17.1 Å². The fourth-order valence-corrected chi connectivity index (χ4v) is 4.24. The predicted molar refractivity (Wildman–Crippen MR) is 101 cm³/mol. The maximum absolute atomic E-state index is 12.3. The van der Waals surface area contributed by atoms with E-state index in [0.717, 1.165) is 21.8 Å². The van der Waals surface area contributed by atoms with Crippen LogP contribution < -0.4 is 10.0 Å². The number of fused-ring (bicyclic) bond motifs is 1. The first kappa shape index (κ1) is 18.6. The van der Waals surface area contributed by atoms with E-state index in [2.05, 4.69) is 15.0 Å². The van der Waals surface area contributed by atoms with Gasteiger partial charge in [0.25, 0.3) is 0 Å². The van der Waals surface area contributed by atoms with Gasteiger partial charge in [0.15, 0.2) is 4.96 Å². The molecule has 9 heteroatoms. The molecule has 7 nitrogen and oxygen atoms in total. The molecule has 0 saturated heterocycles. The van der Waals surface area contributed by atoms with Crippen molar-refractivity contribution in [2.45, 2.75) is 31.7 Å². The van der Waals surface area contributed by atoms with Crippen LogP contribution in [0.3, 0.4) is 0 Å². The van der Waals surface area contributed by atoms with Gasteiger partial charge in [-0.05, 0) is 37.1 Å². The Labute approximate surface area is 156 Å². The van der Waals surface area contributed by atoms with Crippen molar-refractivity contribution in [3.8, 4) is 0 Å². The Morgan fingerprint density at radius 2 is 2.08 bits per heavy atom. The van der Waals surface area contributed by atoms with Gasteiger partial charge in [0.2, 0.25) is 15.9 Å². The summed E-state index contributed by atoms with van der Waals surface area (Å²) in [5.74, 6) is -0.232. The number of thiazole rings is 1. The predicted octanol–water partition coefficient (Wildman–Crippen LogP) is 2.00. The van der Waals surface area contributed by atoms with Crippen LogP contribution in [0.5, 0.6) is 0 Å². The highest BCUT2D eigenvalue weighted by atomic mass is 32.2. The molecule has 0 atom stereocenters. The van der Waals surface area contributed by atoms with Gasteiger partial charge in [-0.1, -0.05) is 6.07 Å². The van der Waals surface area contributed by atoms with Gasteiger partial charge in [-0.3, -0.25) is 9.20 Å². The van der Waals surface area contributed by atoms with E-state index in [-0.39, 0.29) is 23.8 Å². The maximum Gasteiger partial charge on any atom is 0.240 e. The minimum Gasteiger partial charge on any atom is -0.350 e. The topological polar surface area (TPSA) is 92.6 Å². The number of carbonyl (C=O) groups excluding carboxylic acids is 1. The summed E-state index contributed by atoms with van der Waals surface area (Å²) >= 11 is 1.52. The van der Waals surface area contributed by atoms with E-state index in [0.29, 0.717) is 6.54 Å². The molecular formula is C17H20N4O3S2. The summed E-state index contributed by atoms with van der Waals surface area (Å²) in [5.41, 5.74) is 2.70. The number of aromatic nitrogens is 2. The molecule has 0 unspecified atom stereocenters. The highest BCUT2D eigenvalue weighted by Gasteiger charge is 2.15. The summed E-state index contributed by atoms with van der Waals surface area (Å²) in [6.45, 7) is 4.14. The zero-order valence-electron chi connectivity index (χ0n) is 14.5. The highest BCUT2D eigenvalue weighted by molar-refractivity contribution is 7.89. The summed E-state index contributed by atoms with van der Waals surface area (Å²) in [4.78, 5) is 17.4. The number of rotatable bonds is 7. The van der Waals surface area contributed by atoms with Crippen molar-refractivity contribution in [2.24, 2.45) is 0 Å². The van der Waals surface area contributed by atoms with Crippen molar-refractivity contribution >= 4 is 32.2 Å². The van der Waals surface area contributed by atoms with Crippen molar-refractivity contribution in [3.05, 3.63) is 52.8 Å². The van der Waals surface area contributed by atoms with Crippen LogP contribution in [0.2, 0.25) is 0 Å². The molecule has 2 aromatic heterocycles. The minimum absolute atomic E-state index is 0.0410. The number of imidazole rings is 1. The Kier molecular flexibility index (Phi) is 5.40. The first-order valence-electron chi connectivity index (χ1n) is 8.10. The van der Waals surface area contributed by atoms with Crippen molar-refractivity contribution in [2.75, 3.05) is 6.54 Å². The Hall–Kier alpha value is -2.23. The summed E-state index contributed by atoms with van der Waals surface area (Å²) < 4.78 is 28.9. The summed E-state index contributed by atoms with van der Waals surface area (Å²) in [5, 5.41) is 4.68. The minimum atomic E-state index is -3.62. The normalized spacial score (nSPS) is 11.8. The van der Waals surface area contributed by atoms with Gasteiger partial charge in [0.1, 0.15) is 0 Å². The third kappa shape index (κ3) is 4.29. The van der Waals surface area contributed by atoms with E-state index < -0.39 is 10.0 Å². The van der Waals surface area contributed by atoms with Crippen LogP contribution in [-0.4, -0.2) is 30.3 Å². The van der Waals surface area contributed by atoms with Crippen LogP contribution >= 0.6 is 11.3 Å². The van der Waals surface area contributed by atoms with Crippen LogP contribution in [0.1, 0.15) is 23.2 Å². The molecule has 0 bridgehead atoms. The number of hydrogen-bond donors (Lipinski definition) is 2. The molecule has 0 spiro atoms. The van der Waals surface area contributed by atoms with Gasteiger partial charge < -0.3 is 5.32 Å². The molecule has 0 radical (unpaired) electrons. The molecule has 0 saturated carbocycles. The molecule has 0 aliphatic heterocycles. The number of nitrogens with one attached hydrogen (secondary N) is 2. The molecule has 1 amide bonds. The third-order valence-electron chi connectivity index (χ3n) is 4.04. The number of nitrogens with zero attached hydrogens (tertiary/aromatic N) is 2. The Balaban J connectivity index is 1.48. The van der Waals surface area contributed by atoms with E-state index in [1.807, 2.05) is 36.0 Å². The van der Waals surface area contributed by atoms with Gasteiger partial charge in [-0.2, -0.15) is 0 Å². The van der Waals surface area contributed by atoms with Crippen LogP contribution in [0.4, 0.5) is 0 Å². The molecule has 1 aromatic carbocycles. The Morgan fingerprint density at radius 1 is 1.27 bits per heavy atom. The number of carbonyl (C=O) groups is 1. The maximum atomic E-state index is 12.3. The lowest BCUT2D eigenvalue weighted by Gasteiger charge is -2.09. The van der Waals surface area contributed by atoms with Crippen molar-refractivity contribution in [1.82, 2.24) is 19.4 Å². The highest BCUT2D eigenvalue weighted by Crippen LogP contribution is 2.14. The monoisotopic (exact) mass is 392 g/mol. The van der Waals surface area contributed by atoms with Crippen LogP contribution in [-0.2, 0) is 21.4 Å². The zero-order valence-corrected chi connectivity index (χ0v) is 16.2. The first-order valence-corrected chi connectivity index (χ1v) is 10.5. The molecule has 0 fully saturated rings. The lowest BCUT2D eigenvalue weighted by atomic mass is 10.1. The van der Waals surface area contributed by atoms with Gasteiger partial charge in [-0.15, -0.1) is 11.3 Å². The largest absolute Gasteiger partial charge is 0.350 e. The molecule has 26 heavy (non-hydrogen) atoms. The van der Waals surface area contributed by atoms with E-state index >= 15 is 0 Å². The average Bonchev–Trinajstić information content (AvgIpc) is 3.16. The summed E-state index contributed by atoms with van der Waals surface area (Å²) in [6.07, 6.45) is 3.82. The van der Waals surface area contributed by atoms with Crippen LogP contribution in [0.15, 0.2) is 40.9 Å². The van der Waals surface area contributed by atoms with E-state index in [9.17, 15) is 13.2 Å².